The minimum absolute atomic E-state index is 0.126. The number of methoxy groups -OCH3 is 2. The number of carbonyl (C=O) groups is 2. The van der Waals surface area contributed by atoms with Crippen LogP contribution in [0.5, 0.6) is 17.2 Å². The molecule has 0 N–H and O–H groups in total. The van der Waals surface area contributed by atoms with Gasteiger partial charge in [0.05, 0.1) is 32.5 Å². The summed E-state index contributed by atoms with van der Waals surface area (Å²) in [7, 11) is 3.23. The Kier molecular flexibility index (Phi) is 6.07. The van der Waals surface area contributed by atoms with Crippen molar-refractivity contribution in [2.45, 2.75) is 25.5 Å². The number of ether oxygens (including phenoxy) is 3. The summed E-state index contributed by atoms with van der Waals surface area (Å²) < 4.78 is 17.2. The van der Waals surface area contributed by atoms with Gasteiger partial charge in [0.1, 0.15) is 5.75 Å². The average Bonchev–Trinajstić information content (AvgIpc) is 2.90. The molecule has 2 heterocycles. The highest BCUT2D eigenvalue weighted by molar-refractivity contribution is 5.96. The number of hydrogen-bond acceptors (Lipinski definition) is 5. The van der Waals surface area contributed by atoms with Crippen LogP contribution in [0, 0.1) is 0 Å². The van der Waals surface area contributed by atoms with Gasteiger partial charge in [-0.2, -0.15) is 0 Å². The molecule has 0 aromatic heterocycles. The first kappa shape index (κ1) is 22.8. The largest absolute Gasteiger partial charge is 0.493 e. The molecule has 2 aliphatic heterocycles. The van der Waals surface area contributed by atoms with E-state index in [1.54, 1.807) is 25.2 Å². The third-order valence-corrected chi connectivity index (χ3v) is 6.70. The Morgan fingerprint density at radius 2 is 1.63 bits per heavy atom. The molecule has 2 aliphatic rings. The van der Waals surface area contributed by atoms with E-state index in [1.165, 1.54) is 6.92 Å². The number of hydrogen-bond donors (Lipinski definition) is 0. The molecule has 2 amide bonds. The smallest absolute Gasteiger partial charge is 0.266 e. The van der Waals surface area contributed by atoms with Crippen LogP contribution in [0.15, 0.2) is 66.7 Å². The first-order valence-electron chi connectivity index (χ1n) is 11.7. The third-order valence-electron chi connectivity index (χ3n) is 6.70. The van der Waals surface area contributed by atoms with Crippen molar-refractivity contribution in [1.29, 1.82) is 0 Å². The monoisotopic (exact) mass is 472 g/mol. The topological polar surface area (TPSA) is 68.3 Å². The third kappa shape index (κ3) is 4.07. The zero-order valence-electron chi connectivity index (χ0n) is 20.1. The van der Waals surface area contributed by atoms with E-state index >= 15 is 0 Å². The van der Waals surface area contributed by atoms with Gasteiger partial charge in [0.25, 0.3) is 5.91 Å². The summed E-state index contributed by atoms with van der Waals surface area (Å²) in [6.45, 7) is 2.19. The lowest BCUT2D eigenvalue weighted by molar-refractivity contribution is -0.141. The molecule has 3 aromatic carbocycles. The molecule has 2 atom stereocenters. The molecular formula is C28H28N2O5. The summed E-state index contributed by atoms with van der Waals surface area (Å²) in [6, 6.07) is 20.9. The fraction of sp³-hybridized carbons (Fsp3) is 0.286. The minimum Gasteiger partial charge on any atom is -0.493 e. The predicted octanol–water partition coefficient (Wildman–Crippen LogP) is 3.99. The first-order chi connectivity index (χ1) is 17.0. The predicted molar refractivity (Wildman–Crippen MR) is 132 cm³/mol. The molecule has 180 valence electrons. The number of nitrogens with zero attached hydrogens (tertiary/aromatic N) is 2. The SMILES string of the molecule is COc1cc2c(cc1OC)[C@H](c1ccccc1)N(C(=O)[C@H]1CN(C(C)=O)c3ccccc3O1)CC2. The Balaban J connectivity index is 1.55. The number of fused-ring (bicyclic) bond motifs is 2. The highest BCUT2D eigenvalue weighted by atomic mass is 16.5. The quantitative estimate of drug-likeness (QED) is 0.574. The van der Waals surface area contributed by atoms with Crippen molar-refractivity contribution in [3.8, 4) is 17.2 Å². The number of rotatable bonds is 4. The van der Waals surface area contributed by atoms with Crippen LogP contribution in [0.1, 0.15) is 29.7 Å². The number of carbonyl (C=O) groups excluding carboxylic acids is 2. The number of anilines is 1. The molecule has 0 unspecified atom stereocenters. The van der Waals surface area contributed by atoms with Crippen molar-refractivity contribution in [1.82, 2.24) is 4.90 Å². The summed E-state index contributed by atoms with van der Waals surface area (Å²) in [5, 5.41) is 0. The maximum absolute atomic E-state index is 14.0. The molecule has 0 spiro atoms. The van der Waals surface area contributed by atoms with Gasteiger partial charge in [-0.1, -0.05) is 42.5 Å². The Morgan fingerprint density at radius 1 is 0.943 bits per heavy atom. The van der Waals surface area contributed by atoms with Crippen molar-refractivity contribution in [3.05, 3.63) is 83.4 Å². The van der Waals surface area contributed by atoms with Crippen LogP contribution in [0.2, 0.25) is 0 Å². The summed E-state index contributed by atoms with van der Waals surface area (Å²) in [5.41, 5.74) is 3.78. The molecule has 35 heavy (non-hydrogen) atoms. The van der Waals surface area contributed by atoms with Crippen LogP contribution < -0.4 is 19.1 Å². The van der Waals surface area contributed by atoms with Crippen LogP contribution in [0.25, 0.3) is 0 Å². The molecule has 5 rings (SSSR count). The maximum atomic E-state index is 14.0. The van der Waals surface area contributed by atoms with Gasteiger partial charge in [-0.15, -0.1) is 0 Å². The van der Waals surface area contributed by atoms with E-state index in [1.807, 2.05) is 65.6 Å². The van der Waals surface area contributed by atoms with Crippen molar-refractivity contribution in [3.63, 3.8) is 0 Å². The van der Waals surface area contributed by atoms with Gasteiger partial charge >= 0.3 is 0 Å². The van der Waals surface area contributed by atoms with Crippen LogP contribution >= 0.6 is 0 Å². The zero-order valence-corrected chi connectivity index (χ0v) is 20.1. The molecule has 0 bridgehead atoms. The zero-order chi connectivity index (χ0) is 24.5. The summed E-state index contributed by atoms with van der Waals surface area (Å²) >= 11 is 0. The second kappa shape index (κ2) is 9.33. The van der Waals surface area contributed by atoms with E-state index in [2.05, 4.69) is 0 Å². The Morgan fingerprint density at radius 3 is 2.34 bits per heavy atom. The molecule has 0 saturated carbocycles. The van der Waals surface area contributed by atoms with E-state index in [-0.39, 0.29) is 24.4 Å². The summed E-state index contributed by atoms with van der Waals surface area (Å²) in [5.74, 6) is 1.54. The first-order valence-corrected chi connectivity index (χ1v) is 11.7. The van der Waals surface area contributed by atoms with Gasteiger partial charge in [0.2, 0.25) is 5.91 Å². The van der Waals surface area contributed by atoms with Crippen molar-refractivity contribution < 1.29 is 23.8 Å². The normalized spacial score (nSPS) is 18.7. The minimum atomic E-state index is -0.804. The lowest BCUT2D eigenvalue weighted by Crippen LogP contribution is -2.53. The van der Waals surface area contributed by atoms with E-state index in [9.17, 15) is 9.59 Å². The lowest BCUT2D eigenvalue weighted by Gasteiger charge is -2.41. The van der Waals surface area contributed by atoms with Crippen LogP contribution in [0.4, 0.5) is 5.69 Å². The number of amides is 2. The molecule has 7 heteroatoms. The van der Waals surface area contributed by atoms with Crippen molar-refractivity contribution in [2.75, 3.05) is 32.2 Å². The van der Waals surface area contributed by atoms with Gasteiger partial charge in [-0.3, -0.25) is 9.59 Å². The van der Waals surface area contributed by atoms with Gasteiger partial charge in [0.15, 0.2) is 17.6 Å². The van der Waals surface area contributed by atoms with Crippen molar-refractivity contribution in [2.24, 2.45) is 0 Å². The Bertz CT molecular complexity index is 1260. The molecule has 7 nitrogen and oxygen atoms in total. The van der Waals surface area contributed by atoms with E-state index in [0.29, 0.717) is 35.9 Å². The molecule has 3 aromatic rings. The summed E-state index contributed by atoms with van der Waals surface area (Å²) in [4.78, 5) is 29.9. The fourth-order valence-electron chi connectivity index (χ4n) is 5.02. The number of para-hydroxylation sites is 2. The Labute approximate surface area is 204 Å². The number of benzene rings is 3. The lowest BCUT2D eigenvalue weighted by atomic mass is 9.87. The molecule has 0 fully saturated rings. The average molecular weight is 473 g/mol. The molecule has 0 aliphatic carbocycles. The van der Waals surface area contributed by atoms with Gasteiger partial charge < -0.3 is 24.0 Å². The highest BCUT2D eigenvalue weighted by Crippen LogP contribution is 2.42. The maximum Gasteiger partial charge on any atom is 0.266 e. The Hall–Kier alpha value is -4.00. The van der Waals surface area contributed by atoms with Gasteiger partial charge in [0, 0.05) is 13.5 Å². The van der Waals surface area contributed by atoms with Crippen LogP contribution in [-0.4, -0.2) is 50.1 Å². The second-order valence-electron chi connectivity index (χ2n) is 8.70. The van der Waals surface area contributed by atoms with Gasteiger partial charge in [-0.25, -0.2) is 0 Å². The van der Waals surface area contributed by atoms with E-state index in [0.717, 1.165) is 16.7 Å². The van der Waals surface area contributed by atoms with Gasteiger partial charge in [-0.05, 0) is 47.4 Å². The summed E-state index contributed by atoms with van der Waals surface area (Å²) in [6.07, 6.45) is -0.133. The fourth-order valence-corrected chi connectivity index (χ4v) is 5.02. The van der Waals surface area contributed by atoms with Crippen molar-refractivity contribution >= 4 is 17.5 Å². The van der Waals surface area contributed by atoms with E-state index < -0.39 is 6.10 Å². The van der Waals surface area contributed by atoms with Crippen LogP contribution in [-0.2, 0) is 16.0 Å². The molecule has 0 radical (unpaired) electrons. The standard InChI is InChI=1S/C28H28N2O5/c1-18(31)30-17-26(35-23-12-8-7-11-22(23)30)28(32)29-14-13-20-15-24(33-2)25(34-3)16-21(20)27(29)19-9-5-4-6-10-19/h4-12,15-16,26-27H,13-14,17H2,1-3H3/t26-,27+/m1/s1. The second-order valence-corrected chi connectivity index (χ2v) is 8.70. The molecular weight excluding hydrogens is 444 g/mol. The van der Waals surface area contributed by atoms with E-state index in [4.69, 9.17) is 14.2 Å². The highest BCUT2D eigenvalue weighted by Gasteiger charge is 2.40. The molecule has 0 saturated heterocycles. The van der Waals surface area contributed by atoms with Crippen LogP contribution in [0.3, 0.4) is 0 Å².